The molecule has 3 rings (SSSR count). The number of carbonyl (C=O) groups excluding carboxylic acids is 1. The molecule has 1 aliphatic heterocycles. The molecule has 1 heterocycles. The molecular formula is C19H25NO2. The third-order valence-electron chi connectivity index (χ3n) is 5.00. The van der Waals surface area contributed by atoms with Gasteiger partial charge in [-0.2, -0.15) is 0 Å². The average Bonchev–Trinajstić information content (AvgIpc) is 3.20. The van der Waals surface area contributed by atoms with E-state index in [1.54, 1.807) is 0 Å². The first-order valence-electron chi connectivity index (χ1n) is 8.40. The molecule has 3 nitrogen and oxygen atoms in total. The molecule has 0 spiro atoms. The summed E-state index contributed by atoms with van der Waals surface area (Å²) in [6.07, 6.45) is 7.49. The zero-order valence-electron chi connectivity index (χ0n) is 13.1. The van der Waals surface area contributed by atoms with Gasteiger partial charge in [0.1, 0.15) is 6.10 Å². The van der Waals surface area contributed by atoms with E-state index in [0.717, 1.165) is 37.9 Å². The zero-order valence-corrected chi connectivity index (χ0v) is 13.1. The van der Waals surface area contributed by atoms with Crippen molar-refractivity contribution < 1.29 is 9.53 Å². The van der Waals surface area contributed by atoms with E-state index in [1.165, 1.54) is 12.8 Å². The van der Waals surface area contributed by atoms with Crippen LogP contribution in [0.3, 0.4) is 0 Å². The Hall–Kier alpha value is -1.77. The molecule has 3 heteroatoms. The van der Waals surface area contributed by atoms with Crippen molar-refractivity contribution in [2.75, 3.05) is 13.1 Å². The summed E-state index contributed by atoms with van der Waals surface area (Å²) >= 11 is 0. The molecule has 1 aromatic rings. The van der Waals surface area contributed by atoms with Crippen LogP contribution >= 0.6 is 0 Å². The van der Waals surface area contributed by atoms with Crippen LogP contribution in [0, 0.1) is 5.92 Å². The highest BCUT2D eigenvalue weighted by Crippen LogP contribution is 2.38. The van der Waals surface area contributed by atoms with Crippen molar-refractivity contribution >= 4 is 5.97 Å². The number of ether oxygens (including phenoxy) is 1. The monoisotopic (exact) mass is 299 g/mol. The lowest BCUT2D eigenvalue weighted by atomic mass is 9.85. The number of rotatable bonds is 5. The van der Waals surface area contributed by atoms with Gasteiger partial charge in [0.05, 0.1) is 12.5 Å². The zero-order chi connectivity index (χ0) is 15.4. The Morgan fingerprint density at radius 3 is 2.59 bits per heavy atom. The molecule has 0 bridgehead atoms. The van der Waals surface area contributed by atoms with Crippen LogP contribution in [-0.4, -0.2) is 30.1 Å². The van der Waals surface area contributed by atoms with Crippen LogP contribution in [0.5, 0.6) is 0 Å². The Labute approximate surface area is 133 Å². The van der Waals surface area contributed by atoms with E-state index in [1.807, 2.05) is 24.4 Å². The van der Waals surface area contributed by atoms with E-state index < -0.39 is 0 Å². The van der Waals surface area contributed by atoms with Crippen molar-refractivity contribution in [3.8, 4) is 0 Å². The summed E-state index contributed by atoms with van der Waals surface area (Å²) in [7, 11) is 0. The molecule has 22 heavy (non-hydrogen) atoms. The number of esters is 1. The van der Waals surface area contributed by atoms with Crippen molar-refractivity contribution in [1.29, 1.82) is 0 Å². The van der Waals surface area contributed by atoms with Gasteiger partial charge in [0.15, 0.2) is 0 Å². The van der Waals surface area contributed by atoms with Crippen molar-refractivity contribution in [2.45, 2.75) is 44.1 Å². The van der Waals surface area contributed by atoms with Crippen molar-refractivity contribution in [2.24, 2.45) is 5.92 Å². The largest absolute Gasteiger partial charge is 0.460 e. The minimum absolute atomic E-state index is 0.0121. The minimum atomic E-state index is -0.0959. The number of hydrogen-bond donors (Lipinski definition) is 0. The van der Waals surface area contributed by atoms with Gasteiger partial charge in [-0.1, -0.05) is 49.8 Å². The van der Waals surface area contributed by atoms with Gasteiger partial charge in [-0.3, -0.25) is 4.79 Å². The summed E-state index contributed by atoms with van der Waals surface area (Å²) in [5.41, 5.74) is 1.11. The Balaban J connectivity index is 1.71. The maximum absolute atomic E-state index is 12.8. The lowest BCUT2D eigenvalue weighted by molar-refractivity contribution is -0.151. The molecular weight excluding hydrogens is 274 g/mol. The third kappa shape index (κ3) is 3.34. The number of nitrogens with zero attached hydrogens (tertiary/aromatic N) is 1. The van der Waals surface area contributed by atoms with Crippen LogP contribution < -0.4 is 0 Å². The smallest absolute Gasteiger partial charge is 0.314 e. The second-order valence-corrected chi connectivity index (χ2v) is 6.46. The molecule has 0 N–H and O–H groups in total. The molecule has 0 amide bonds. The maximum atomic E-state index is 12.8. The summed E-state index contributed by atoms with van der Waals surface area (Å²) in [6, 6.07) is 10.2. The lowest BCUT2D eigenvalue weighted by Crippen LogP contribution is -2.28. The van der Waals surface area contributed by atoms with Crippen molar-refractivity contribution in [3.63, 3.8) is 0 Å². The summed E-state index contributed by atoms with van der Waals surface area (Å²) in [4.78, 5) is 14.9. The maximum Gasteiger partial charge on any atom is 0.314 e. The fourth-order valence-electron chi connectivity index (χ4n) is 3.81. The van der Waals surface area contributed by atoms with E-state index in [2.05, 4.69) is 23.6 Å². The Bertz CT molecular complexity index is 507. The SMILES string of the molecule is C=CN1CCC(OC(=O)C(c2ccccc2)C2CCCC2)C1. The highest BCUT2D eigenvalue weighted by molar-refractivity contribution is 5.78. The fourth-order valence-corrected chi connectivity index (χ4v) is 3.81. The molecule has 1 aliphatic carbocycles. The topological polar surface area (TPSA) is 29.5 Å². The quantitative estimate of drug-likeness (QED) is 0.776. The first kappa shape index (κ1) is 15.1. The fraction of sp³-hybridized carbons (Fsp3) is 0.526. The van der Waals surface area contributed by atoms with E-state index in [0.29, 0.717) is 5.92 Å². The van der Waals surface area contributed by atoms with Crippen molar-refractivity contribution in [1.82, 2.24) is 4.90 Å². The molecule has 1 saturated heterocycles. The second-order valence-electron chi connectivity index (χ2n) is 6.46. The van der Waals surface area contributed by atoms with E-state index in [4.69, 9.17) is 4.74 Å². The van der Waals surface area contributed by atoms with Crippen molar-refractivity contribution in [3.05, 3.63) is 48.7 Å². The van der Waals surface area contributed by atoms with Crippen LogP contribution in [0.15, 0.2) is 43.1 Å². The predicted molar refractivity (Wildman–Crippen MR) is 87.4 cm³/mol. The molecule has 2 atom stereocenters. The Morgan fingerprint density at radius 1 is 1.23 bits per heavy atom. The Morgan fingerprint density at radius 2 is 1.95 bits per heavy atom. The van der Waals surface area contributed by atoms with Gasteiger partial charge < -0.3 is 9.64 Å². The standard InChI is InChI=1S/C19H25NO2/c1-2-20-13-12-17(14-20)22-19(21)18(16-10-6-7-11-16)15-8-4-3-5-9-15/h2-5,8-9,16-18H,1,6-7,10-14H2. The molecule has 2 aliphatic rings. The summed E-state index contributed by atoms with van der Waals surface area (Å²) in [6.45, 7) is 5.50. The number of carbonyl (C=O) groups is 1. The van der Waals surface area contributed by atoms with Gasteiger partial charge in [0.2, 0.25) is 0 Å². The van der Waals surface area contributed by atoms with Crippen LogP contribution in [-0.2, 0) is 9.53 Å². The average molecular weight is 299 g/mol. The number of hydrogen-bond acceptors (Lipinski definition) is 3. The predicted octanol–water partition coefficient (Wildman–Crippen LogP) is 3.72. The molecule has 0 aromatic heterocycles. The van der Waals surface area contributed by atoms with E-state index in [9.17, 15) is 4.79 Å². The molecule has 2 unspecified atom stereocenters. The van der Waals surface area contributed by atoms with Crippen LogP contribution in [0.25, 0.3) is 0 Å². The van der Waals surface area contributed by atoms with E-state index >= 15 is 0 Å². The highest BCUT2D eigenvalue weighted by Gasteiger charge is 2.35. The summed E-state index contributed by atoms with van der Waals surface area (Å²) < 4.78 is 5.84. The molecule has 1 aromatic carbocycles. The van der Waals surface area contributed by atoms with Crippen LogP contribution in [0.1, 0.15) is 43.6 Å². The van der Waals surface area contributed by atoms with Gasteiger partial charge in [-0.05, 0) is 30.5 Å². The molecule has 0 radical (unpaired) electrons. The number of benzene rings is 1. The van der Waals surface area contributed by atoms with Crippen LogP contribution in [0.4, 0.5) is 0 Å². The first-order chi connectivity index (χ1) is 10.8. The number of likely N-dealkylation sites (tertiary alicyclic amines) is 1. The minimum Gasteiger partial charge on any atom is -0.460 e. The van der Waals surface area contributed by atoms with Gasteiger partial charge in [-0.25, -0.2) is 0 Å². The highest BCUT2D eigenvalue weighted by atomic mass is 16.5. The summed E-state index contributed by atoms with van der Waals surface area (Å²) in [5.74, 6) is 0.308. The third-order valence-corrected chi connectivity index (χ3v) is 5.00. The summed E-state index contributed by atoms with van der Waals surface area (Å²) in [5, 5.41) is 0. The van der Waals surface area contributed by atoms with E-state index in [-0.39, 0.29) is 18.0 Å². The molecule has 1 saturated carbocycles. The van der Waals surface area contributed by atoms with Gasteiger partial charge >= 0.3 is 5.97 Å². The molecule has 118 valence electrons. The second kappa shape index (κ2) is 6.99. The Kier molecular flexibility index (Phi) is 4.81. The molecule has 2 fully saturated rings. The van der Waals surface area contributed by atoms with Gasteiger partial charge in [0.25, 0.3) is 0 Å². The lowest BCUT2D eigenvalue weighted by Gasteiger charge is -2.24. The van der Waals surface area contributed by atoms with Crippen LogP contribution in [0.2, 0.25) is 0 Å². The van der Waals surface area contributed by atoms with Gasteiger partial charge in [-0.15, -0.1) is 0 Å². The first-order valence-corrected chi connectivity index (χ1v) is 8.40. The normalized spacial score (nSPS) is 23.5. The van der Waals surface area contributed by atoms with Gasteiger partial charge in [0, 0.05) is 13.0 Å².